The number of rotatable bonds is 9. The van der Waals surface area contributed by atoms with Crippen LogP contribution in [-0.2, 0) is 11.4 Å². The standard InChI is InChI=1S/C28H33N3O4/c1-35-26-9-5-8-25(24(26)19-32)29-23-14-16-31(17-15-23)18-27(33)30-22-12-10-21(11-13-22)28(34)20-6-3-2-4-7-20/h2-13,23,28-29,32,34H,14-19H2,1H3,(H,30,33). The van der Waals surface area contributed by atoms with Crippen molar-refractivity contribution in [1.82, 2.24) is 4.90 Å². The van der Waals surface area contributed by atoms with Crippen LogP contribution in [0.4, 0.5) is 11.4 Å². The van der Waals surface area contributed by atoms with Gasteiger partial charge in [-0.15, -0.1) is 0 Å². The van der Waals surface area contributed by atoms with Crippen LogP contribution in [0.25, 0.3) is 0 Å². The lowest BCUT2D eigenvalue weighted by molar-refractivity contribution is -0.117. The maximum Gasteiger partial charge on any atom is 0.238 e. The van der Waals surface area contributed by atoms with Crippen LogP contribution in [0.1, 0.15) is 35.6 Å². The fourth-order valence-corrected chi connectivity index (χ4v) is 4.49. The fraction of sp³-hybridized carbons (Fsp3) is 0.321. The van der Waals surface area contributed by atoms with Crippen LogP contribution in [0, 0.1) is 0 Å². The maximum absolute atomic E-state index is 12.6. The van der Waals surface area contributed by atoms with Gasteiger partial charge in [-0.25, -0.2) is 0 Å². The number of piperidine rings is 1. The third kappa shape index (κ3) is 6.39. The summed E-state index contributed by atoms with van der Waals surface area (Å²) < 4.78 is 5.35. The molecule has 1 aliphatic rings. The van der Waals surface area contributed by atoms with Gasteiger partial charge in [0, 0.05) is 36.1 Å². The zero-order chi connectivity index (χ0) is 24.6. The molecular formula is C28H33N3O4. The van der Waals surface area contributed by atoms with E-state index >= 15 is 0 Å². The number of carbonyl (C=O) groups is 1. The fourth-order valence-electron chi connectivity index (χ4n) is 4.49. The molecule has 7 nitrogen and oxygen atoms in total. The summed E-state index contributed by atoms with van der Waals surface area (Å²) in [7, 11) is 1.60. The third-order valence-corrected chi connectivity index (χ3v) is 6.45. The Morgan fingerprint density at radius 2 is 1.69 bits per heavy atom. The topological polar surface area (TPSA) is 94.1 Å². The molecule has 1 aliphatic heterocycles. The molecule has 184 valence electrons. The molecule has 0 radical (unpaired) electrons. The first kappa shape index (κ1) is 24.7. The molecule has 1 heterocycles. The predicted molar refractivity (Wildman–Crippen MR) is 138 cm³/mol. The minimum Gasteiger partial charge on any atom is -0.496 e. The smallest absolute Gasteiger partial charge is 0.238 e. The number of carbonyl (C=O) groups excluding carboxylic acids is 1. The van der Waals surface area contributed by atoms with Gasteiger partial charge in [0.2, 0.25) is 5.91 Å². The van der Waals surface area contributed by atoms with Gasteiger partial charge in [0.25, 0.3) is 0 Å². The normalized spacial score (nSPS) is 15.4. The molecule has 7 heteroatoms. The van der Waals surface area contributed by atoms with Crippen molar-refractivity contribution in [2.75, 3.05) is 37.4 Å². The lowest BCUT2D eigenvalue weighted by atomic mass is 10.0. The molecule has 1 amide bonds. The molecule has 1 fully saturated rings. The van der Waals surface area contributed by atoms with Crippen molar-refractivity contribution in [3.8, 4) is 5.75 Å². The van der Waals surface area contributed by atoms with E-state index in [2.05, 4.69) is 15.5 Å². The van der Waals surface area contributed by atoms with Gasteiger partial charge in [0.1, 0.15) is 11.9 Å². The molecule has 0 spiro atoms. The monoisotopic (exact) mass is 475 g/mol. The Hall–Kier alpha value is -3.39. The van der Waals surface area contributed by atoms with E-state index in [-0.39, 0.29) is 18.6 Å². The Kier molecular flexibility index (Phi) is 8.36. The van der Waals surface area contributed by atoms with Crippen molar-refractivity contribution in [3.63, 3.8) is 0 Å². The summed E-state index contributed by atoms with van der Waals surface area (Å²) in [6.07, 6.45) is 1.12. The first-order valence-corrected chi connectivity index (χ1v) is 12.0. The molecule has 0 saturated carbocycles. The number of amides is 1. The number of nitrogens with zero attached hydrogens (tertiary/aromatic N) is 1. The molecule has 3 aromatic rings. The number of hydrogen-bond donors (Lipinski definition) is 4. The highest BCUT2D eigenvalue weighted by molar-refractivity contribution is 5.92. The van der Waals surface area contributed by atoms with E-state index < -0.39 is 6.10 Å². The van der Waals surface area contributed by atoms with Crippen LogP contribution < -0.4 is 15.4 Å². The lowest BCUT2D eigenvalue weighted by Crippen LogP contribution is -2.42. The van der Waals surface area contributed by atoms with Gasteiger partial charge < -0.3 is 25.6 Å². The molecular weight excluding hydrogens is 442 g/mol. The largest absolute Gasteiger partial charge is 0.496 e. The van der Waals surface area contributed by atoms with E-state index in [1.54, 1.807) is 7.11 Å². The molecule has 1 saturated heterocycles. The second-order valence-electron chi connectivity index (χ2n) is 8.82. The minimum absolute atomic E-state index is 0.0527. The van der Waals surface area contributed by atoms with Gasteiger partial charge in [0.15, 0.2) is 0 Å². The summed E-state index contributed by atoms with van der Waals surface area (Å²) in [6.45, 7) is 1.87. The van der Waals surface area contributed by atoms with Crippen molar-refractivity contribution >= 4 is 17.3 Å². The summed E-state index contributed by atoms with van der Waals surface area (Å²) >= 11 is 0. The number of aliphatic hydroxyl groups excluding tert-OH is 2. The van der Waals surface area contributed by atoms with Gasteiger partial charge in [-0.3, -0.25) is 9.69 Å². The highest BCUT2D eigenvalue weighted by Gasteiger charge is 2.22. The molecule has 0 aliphatic carbocycles. The van der Waals surface area contributed by atoms with Gasteiger partial charge in [-0.2, -0.15) is 0 Å². The van der Waals surface area contributed by atoms with Crippen molar-refractivity contribution in [2.24, 2.45) is 0 Å². The number of benzene rings is 3. The zero-order valence-electron chi connectivity index (χ0n) is 20.0. The van der Waals surface area contributed by atoms with Crippen molar-refractivity contribution in [2.45, 2.75) is 31.6 Å². The van der Waals surface area contributed by atoms with E-state index in [0.717, 1.165) is 48.3 Å². The molecule has 3 aromatic carbocycles. The summed E-state index contributed by atoms with van der Waals surface area (Å²) in [5.74, 6) is 0.623. The second kappa shape index (κ2) is 11.8. The van der Waals surface area contributed by atoms with Gasteiger partial charge in [-0.05, 0) is 48.2 Å². The number of likely N-dealkylation sites (tertiary alicyclic amines) is 1. The Balaban J connectivity index is 1.24. The van der Waals surface area contributed by atoms with E-state index in [1.807, 2.05) is 72.8 Å². The molecule has 1 unspecified atom stereocenters. The number of ether oxygens (including phenoxy) is 1. The van der Waals surface area contributed by atoms with Gasteiger partial charge in [-0.1, -0.05) is 48.5 Å². The summed E-state index contributed by atoms with van der Waals surface area (Å²) in [5.41, 5.74) is 3.98. The Morgan fingerprint density at radius 3 is 2.34 bits per heavy atom. The first-order chi connectivity index (χ1) is 17.1. The Morgan fingerprint density at radius 1 is 1.00 bits per heavy atom. The number of anilines is 2. The average molecular weight is 476 g/mol. The van der Waals surface area contributed by atoms with Crippen molar-refractivity contribution in [3.05, 3.63) is 89.5 Å². The van der Waals surface area contributed by atoms with E-state index in [4.69, 9.17) is 4.74 Å². The molecule has 4 rings (SSSR count). The van der Waals surface area contributed by atoms with E-state index in [1.165, 1.54) is 0 Å². The van der Waals surface area contributed by atoms with Crippen LogP contribution in [0.5, 0.6) is 5.75 Å². The van der Waals surface area contributed by atoms with Gasteiger partial charge in [0.05, 0.1) is 20.3 Å². The third-order valence-electron chi connectivity index (χ3n) is 6.45. The Labute approximate surface area is 206 Å². The van der Waals surface area contributed by atoms with E-state index in [9.17, 15) is 15.0 Å². The van der Waals surface area contributed by atoms with Crippen LogP contribution in [0.3, 0.4) is 0 Å². The summed E-state index contributed by atoms with van der Waals surface area (Å²) in [4.78, 5) is 14.7. The average Bonchev–Trinajstić information content (AvgIpc) is 2.90. The van der Waals surface area contributed by atoms with Crippen LogP contribution in [0.2, 0.25) is 0 Å². The molecule has 0 aromatic heterocycles. The maximum atomic E-state index is 12.6. The number of aliphatic hydroxyl groups is 2. The van der Waals surface area contributed by atoms with E-state index in [0.29, 0.717) is 18.0 Å². The molecule has 1 atom stereocenters. The van der Waals surface area contributed by atoms with Crippen LogP contribution in [0.15, 0.2) is 72.8 Å². The Bertz CT molecular complexity index is 1100. The molecule has 0 bridgehead atoms. The van der Waals surface area contributed by atoms with Crippen molar-refractivity contribution < 1.29 is 19.7 Å². The number of methoxy groups -OCH3 is 1. The minimum atomic E-state index is -0.693. The second-order valence-corrected chi connectivity index (χ2v) is 8.82. The number of hydrogen-bond acceptors (Lipinski definition) is 6. The first-order valence-electron chi connectivity index (χ1n) is 12.0. The zero-order valence-corrected chi connectivity index (χ0v) is 20.0. The quantitative estimate of drug-likeness (QED) is 0.376. The lowest BCUT2D eigenvalue weighted by Gasteiger charge is -2.33. The SMILES string of the molecule is COc1cccc(NC2CCN(CC(=O)Nc3ccc(C(O)c4ccccc4)cc3)CC2)c1CO. The van der Waals surface area contributed by atoms with Gasteiger partial charge >= 0.3 is 0 Å². The molecule has 35 heavy (non-hydrogen) atoms. The number of nitrogens with one attached hydrogen (secondary N) is 2. The highest BCUT2D eigenvalue weighted by Crippen LogP contribution is 2.28. The summed E-state index contributed by atoms with van der Waals surface area (Å²) in [6, 6.07) is 22.8. The summed E-state index contributed by atoms with van der Waals surface area (Å²) in [5, 5.41) is 26.7. The highest BCUT2D eigenvalue weighted by atomic mass is 16.5. The predicted octanol–water partition coefficient (Wildman–Crippen LogP) is 3.78. The van der Waals surface area contributed by atoms with Crippen molar-refractivity contribution in [1.29, 1.82) is 0 Å². The van der Waals surface area contributed by atoms with Crippen LogP contribution in [-0.4, -0.2) is 53.8 Å². The molecule has 4 N–H and O–H groups in total. The van der Waals surface area contributed by atoms with Crippen LogP contribution >= 0.6 is 0 Å².